The topological polar surface area (TPSA) is 0 Å². The number of hydrogen-bond donors (Lipinski definition) is 0. The van der Waals surface area contributed by atoms with Crippen molar-refractivity contribution in [3.63, 3.8) is 0 Å². The van der Waals surface area contributed by atoms with E-state index in [1.807, 2.05) is 0 Å². The van der Waals surface area contributed by atoms with Gasteiger partial charge in [0.05, 0.1) is 0 Å². The van der Waals surface area contributed by atoms with Crippen molar-refractivity contribution >= 4 is 43.1 Å². The number of rotatable bonds is 5. The van der Waals surface area contributed by atoms with Crippen LogP contribution in [0.3, 0.4) is 0 Å². The molecule has 0 N–H and O–H groups in total. The van der Waals surface area contributed by atoms with Gasteiger partial charge in [0.1, 0.15) is 0 Å². The van der Waals surface area contributed by atoms with E-state index in [0.717, 1.165) is 0 Å². The minimum absolute atomic E-state index is 1.22. The summed E-state index contributed by atoms with van der Waals surface area (Å²) in [7, 11) is 0. The molecule has 0 amide bonds. The maximum Gasteiger partial charge on any atom is -0.000116 e. The van der Waals surface area contributed by atoms with Crippen LogP contribution in [0, 0.1) is 0 Å². The van der Waals surface area contributed by atoms with Crippen LogP contribution in [0.5, 0.6) is 0 Å². The van der Waals surface area contributed by atoms with Crippen molar-refractivity contribution in [2.75, 3.05) is 0 Å². The Morgan fingerprint density at radius 3 is 1.16 bits per heavy atom. The van der Waals surface area contributed by atoms with Gasteiger partial charge in [0, 0.05) is 0 Å². The van der Waals surface area contributed by atoms with E-state index in [0.29, 0.717) is 0 Å². The maximum atomic E-state index is 2.41. The molecule has 11 aromatic carbocycles. The third kappa shape index (κ3) is 4.76. The molecular weight excluding hydrogens is 697 g/mol. The minimum atomic E-state index is 1.22. The molecule has 0 saturated carbocycles. The predicted octanol–water partition coefficient (Wildman–Crippen LogP) is 16.3. The zero-order valence-electron chi connectivity index (χ0n) is 31.8. The van der Waals surface area contributed by atoms with Crippen LogP contribution in [0.15, 0.2) is 218 Å². The van der Waals surface area contributed by atoms with Gasteiger partial charge < -0.3 is 0 Å². The van der Waals surface area contributed by atoms with E-state index in [4.69, 9.17) is 0 Å². The van der Waals surface area contributed by atoms with E-state index < -0.39 is 0 Å². The monoisotopic (exact) mass is 732 g/mol. The molecule has 0 radical (unpaired) electrons. The summed E-state index contributed by atoms with van der Waals surface area (Å²) in [5.74, 6) is 0. The second-order valence-corrected chi connectivity index (χ2v) is 15.4. The fourth-order valence-corrected chi connectivity index (χ4v) is 10.1. The molecule has 0 bridgehead atoms. The lowest BCUT2D eigenvalue weighted by Crippen LogP contribution is -1.96. The van der Waals surface area contributed by atoms with E-state index >= 15 is 0 Å². The van der Waals surface area contributed by atoms with Crippen LogP contribution in [-0.4, -0.2) is 0 Å². The number of benzene rings is 11. The van der Waals surface area contributed by atoms with Gasteiger partial charge in [0.25, 0.3) is 0 Å². The average molecular weight is 733 g/mol. The average Bonchev–Trinajstić information content (AvgIpc) is 3.64. The molecule has 0 atom stereocenters. The lowest BCUT2D eigenvalue weighted by molar-refractivity contribution is 1.62. The van der Waals surface area contributed by atoms with Crippen LogP contribution >= 0.6 is 0 Å². The van der Waals surface area contributed by atoms with E-state index in [1.165, 1.54) is 121 Å². The lowest BCUT2D eigenvalue weighted by Gasteiger charge is -2.23. The summed E-state index contributed by atoms with van der Waals surface area (Å²) in [5.41, 5.74) is 17.8. The van der Waals surface area contributed by atoms with Crippen molar-refractivity contribution in [2.24, 2.45) is 0 Å². The van der Waals surface area contributed by atoms with Crippen molar-refractivity contribution in [3.05, 3.63) is 218 Å². The first-order valence-electron chi connectivity index (χ1n) is 20.2. The second-order valence-electron chi connectivity index (χ2n) is 15.4. The Hall–Kier alpha value is -7.54. The third-order valence-electron chi connectivity index (χ3n) is 12.4. The SMILES string of the molecule is c1ccc(-c2c3c(c(-c4ccccc4)c4ccccc24)-c2c(-c4cccc5c(-c6ccccc6)c6ccccc6c(-c6ccccc6)c45)ccc4cccc-3c24)cc1. The highest BCUT2D eigenvalue weighted by Gasteiger charge is 2.33. The highest BCUT2D eigenvalue weighted by atomic mass is 14.4. The van der Waals surface area contributed by atoms with E-state index in [-0.39, 0.29) is 0 Å². The third-order valence-corrected chi connectivity index (χ3v) is 12.4. The summed E-state index contributed by atoms with van der Waals surface area (Å²) in [6.07, 6.45) is 0. The molecule has 0 fully saturated rings. The number of hydrogen-bond acceptors (Lipinski definition) is 0. The molecule has 0 unspecified atom stereocenters. The summed E-state index contributed by atoms with van der Waals surface area (Å²) >= 11 is 0. The Morgan fingerprint density at radius 2 is 0.586 bits per heavy atom. The van der Waals surface area contributed by atoms with Gasteiger partial charge in [-0.05, 0) is 121 Å². The molecule has 0 spiro atoms. The van der Waals surface area contributed by atoms with Gasteiger partial charge >= 0.3 is 0 Å². The molecule has 11 aromatic rings. The van der Waals surface area contributed by atoms with Gasteiger partial charge in [-0.15, -0.1) is 0 Å². The van der Waals surface area contributed by atoms with Crippen molar-refractivity contribution < 1.29 is 0 Å². The van der Waals surface area contributed by atoms with Crippen molar-refractivity contribution in [1.82, 2.24) is 0 Å². The molecule has 58 heavy (non-hydrogen) atoms. The molecule has 0 saturated heterocycles. The van der Waals surface area contributed by atoms with Crippen molar-refractivity contribution in [3.8, 4) is 77.9 Å². The first kappa shape index (κ1) is 32.7. The predicted molar refractivity (Wildman–Crippen MR) is 248 cm³/mol. The Kier molecular flexibility index (Phi) is 7.33. The smallest absolute Gasteiger partial charge is 0.000116 e. The first-order chi connectivity index (χ1) is 28.8. The summed E-state index contributed by atoms with van der Waals surface area (Å²) in [6, 6.07) is 80.7. The van der Waals surface area contributed by atoms with Crippen molar-refractivity contribution in [2.45, 2.75) is 0 Å². The molecule has 0 aromatic heterocycles. The fraction of sp³-hybridized carbons (Fsp3) is 0. The van der Waals surface area contributed by atoms with Gasteiger partial charge in [-0.1, -0.05) is 218 Å². The van der Waals surface area contributed by atoms with Crippen LogP contribution in [0.4, 0.5) is 0 Å². The molecule has 0 heterocycles. The van der Waals surface area contributed by atoms with E-state index in [2.05, 4.69) is 218 Å². The van der Waals surface area contributed by atoms with Crippen LogP contribution in [0.2, 0.25) is 0 Å². The van der Waals surface area contributed by atoms with Gasteiger partial charge in [0.15, 0.2) is 0 Å². The Bertz CT molecular complexity index is 3400. The molecule has 0 aliphatic heterocycles. The van der Waals surface area contributed by atoms with Crippen LogP contribution < -0.4 is 0 Å². The molecule has 268 valence electrons. The summed E-state index contributed by atoms with van der Waals surface area (Å²) < 4.78 is 0. The van der Waals surface area contributed by atoms with Crippen LogP contribution in [-0.2, 0) is 0 Å². The Balaban J connectivity index is 1.30. The standard InChI is InChI=1S/C58H36/c1-5-19-37(20-6-1)50-42-28-13-14-29-43(42)51(38-21-7-2-8-22-38)55-46(32-18-34-48(50)55)47-36-35-41-27-17-33-49-54(41)56(47)58-53(40-25-11-4-12-26-40)45-31-16-15-30-44(45)52(57(49)58)39-23-9-3-10-24-39/h1-36H. The fourth-order valence-electron chi connectivity index (χ4n) is 10.1. The molecule has 0 nitrogen and oxygen atoms in total. The summed E-state index contributed by atoms with van der Waals surface area (Å²) in [6.45, 7) is 0. The lowest BCUT2D eigenvalue weighted by atomic mass is 9.80. The van der Waals surface area contributed by atoms with Gasteiger partial charge in [-0.25, -0.2) is 0 Å². The molecule has 12 rings (SSSR count). The first-order valence-corrected chi connectivity index (χ1v) is 20.2. The zero-order chi connectivity index (χ0) is 38.2. The zero-order valence-corrected chi connectivity index (χ0v) is 31.8. The molecular formula is C58H36. The van der Waals surface area contributed by atoms with Gasteiger partial charge in [0.2, 0.25) is 0 Å². The van der Waals surface area contributed by atoms with Crippen LogP contribution in [0.25, 0.3) is 121 Å². The summed E-state index contributed by atoms with van der Waals surface area (Å²) in [4.78, 5) is 0. The van der Waals surface area contributed by atoms with Crippen LogP contribution in [0.1, 0.15) is 0 Å². The number of fused-ring (bicyclic) bond motifs is 6. The normalized spacial score (nSPS) is 11.8. The molecule has 0 heteroatoms. The highest BCUT2D eigenvalue weighted by Crippen LogP contribution is 2.60. The van der Waals surface area contributed by atoms with Gasteiger partial charge in [-0.2, -0.15) is 0 Å². The maximum absolute atomic E-state index is 2.41. The van der Waals surface area contributed by atoms with Crippen molar-refractivity contribution in [1.29, 1.82) is 0 Å². The highest BCUT2D eigenvalue weighted by molar-refractivity contribution is 6.31. The molecule has 1 aliphatic carbocycles. The largest absolute Gasteiger partial charge is 0.0622 e. The minimum Gasteiger partial charge on any atom is -0.0622 e. The second kappa shape index (κ2) is 13.0. The molecule has 1 aliphatic rings. The van der Waals surface area contributed by atoms with Gasteiger partial charge in [-0.3, -0.25) is 0 Å². The van der Waals surface area contributed by atoms with E-state index in [1.54, 1.807) is 0 Å². The van der Waals surface area contributed by atoms with E-state index in [9.17, 15) is 0 Å². The quantitative estimate of drug-likeness (QED) is 0.155. The Labute approximate surface area is 337 Å². The summed E-state index contributed by atoms with van der Waals surface area (Å²) in [5, 5.41) is 10.2. The Morgan fingerprint density at radius 1 is 0.172 bits per heavy atom.